The Hall–Kier alpha value is -3.61. The summed E-state index contributed by atoms with van der Waals surface area (Å²) in [6.07, 6.45) is 15.4. The molecular formula is C49H73Cl2N3O7S. The number of hydrogen-bond acceptors (Lipinski definition) is 9. The maximum absolute atomic E-state index is 13.7. The van der Waals surface area contributed by atoms with Gasteiger partial charge in [0.05, 0.1) is 25.0 Å². The molecule has 346 valence electrons. The Morgan fingerprint density at radius 1 is 0.629 bits per heavy atom. The molecule has 1 heterocycles. The number of benzene rings is 3. The molecule has 0 aliphatic carbocycles. The number of aryl methyl sites for hydroxylation is 1. The van der Waals surface area contributed by atoms with Crippen molar-refractivity contribution in [1.82, 2.24) is 9.80 Å². The molecule has 1 N–H and O–H groups in total. The molecule has 0 bridgehead atoms. The summed E-state index contributed by atoms with van der Waals surface area (Å²) in [6.45, 7) is 19.1. The summed E-state index contributed by atoms with van der Waals surface area (Å²) in [5, 5.41) is 0.171. The van der Waals surface area contributed by atoms with Gasteiger partial charge in [0, 0.05) is 41.7 Å². The summed E-state index contributed by atoms with van der Waals surface area (Å²) < 4.78 is 43.7. The molecule has 4 rings (SSSR count). The van der Waals surface area contributed by atoms with Crippen molar-refractivity contribution >= 4 is 61.7 Å². The van der Waals surface area contributed by atoms with Gasteiger partial charge in [-0.2, -0.15) is 0 Å². The summed E-state index contributed by atoms with van der Waals surface area (Å²) >= 11 is 5.42. The number of unbranched alkanes of at least 4 members (excludes halogenated alkanes) is 5. The second-order valence-electron chi connectivity index (χ2n) is 15.7. The van der Waals surface area contributed by atoms with Crippen LogP contribution in [-0.4, -0.2) is 88.0 Å². The lowest BCUT2D eigenvalue weighted by molar-refractivity contribution is 0.103. The van der Waals surface area contributed by atoms with Crippen molar-refractivity contribution in [1.29, 1.82) is 0 Å². The zero-order valence-electron chi connectivity index (χ0n) is 38.1. The smallest absolute Gasteiger partial charge is 0.252 e. The standard InChI is InChI=1S/C31H44N2O5S.C18H28ClNO2.ClH/c1-5-8-12-29-30(27-23-25(32-39(4,35)36)15-18-28(27)38-29)31(34)24-13-16-26(17-14-24)37-22-11-21-33(19-9-6-2)20-10-7-3;1-3-5-12-20(13-6-4-2)14-7-15-22-17-10-8-16(9-11-17)18(19)21;/h13-18,23,32H,5-12,19-22H2,1-4H3;8-11H,3-7,12-15H2,1-2H3;1H. The van der Waals surface area contributed by atoms with E-state index in [4.69, 9.17) is 25.5 Å². The van der Waals surface area contributed by atoms with Gasteiger partial charge in [-0.05, 0) is 149 Å². The van der Waals surface area contributed by atoms with E-state index in [0.29, 0.717) is 58.7 Å². The lowest BCUT2D eigenvalue weighted by Crippen LogP contribution is -2.28. The van der Waals surface area contributed by atoms with Gasteiger partial charge in [0.1, 0.15) is 22.8 Å². The SMILES string of the molecule is CCCCN(CCCC)CCCOc1ccc(C(=O)Cl)cc1.CCCCc1oc2ccc(NS(C)(=O)=O)cc2c1C(=O)c1ccc(OCCCN(CCCC)CCCC)cc1.Cl. The van der Waals surface area contributed by atoms with Crippen LogP contribution in [0.4, 0.5) is 5.69 Å². The molecule has 0 atom stereocenters. The number of ketones is 1. The van der Waals surface area contributed by atoms with Crippen LogP contribution in [0.3, 0.4) is 0 Å². The Labute approximate surface area is 383 Å². The van der Waals surface area contributed by atoms with Crippen molar-refractivity contribution in [3.8, 4) is 11.5 Å². The fraction of sp³-hybridized carbons (Fsp3) is 0.551. The fourth-order valence-corrected chi connectivity index (χ4v) is 7.55. The molecular weight excluding hydrogens is 846 g/mol. The zero-order chi connectivity index (χ0) is 44.5. The number of fused-ring (bicyclic) bond motifs is 1. The summed E-state index contributed by atoms with van der Waals surface area (Å²) in [4.78, 5) is 29.7. The minimum absolute atomic E-state index is 0. The molecule has 0 fully saturated rings. The lowest BCUT2D eigenvalue weighted by atomic mass is 9.98. The molecule has 3 aromatic carbocycles. The topological polar surface area (TPSA) is 118 Å². The fourth-order valence-electron chi connectivity index (χ4n) is 6.87. The number of ether oxygens (including phenoxy) is 2. The molecule has 0 aliphatic heterocycles. The molecule has 0 saturated heterocycles. The number of furan rings is 1. The Bertz CT molecular complexity index is 1960. The van der Waals surface area contributed by atoms with Crippen LogP contribution >= 0.6 is 24.0 Å². The molecule has 0 saturated carbocycles. The van der Waals surface area contributed by atoms with E-state index >= 15 is 0 Å². The first-order valence-corrected chi connectivity index (χ1v) is 24.9. The van der Waals surface area contributed by atoms with E-state index in [1.54, 1.807) is 54.6 Å². The van der Waals surface area contributed by atoms with Crippen molar-refractivity contribution < 1.29 is 31.9 Å². The van der Waals surface area contributed by atoms with E-state index in [1.165, 1.54) is 64.5 Å². The minimum Gasteiger partial charge on any atom is -0.494 e. The first kappa shape index (κ1) is 54.5. The molecule has 0 amide bonds. The molecule has 0 radical (unpaired) electrons. The first-order valence-electron chi connectivity index (χ1n) is 22.6. The van der Waals surface area contributed by atoms with E-state index in [1.807, 2.05) is 12.1 Å². The highest BCUT2D eigenvalue weighted by Crippen LogP contribution is 2.32. The Balaban J connectivity index is 0.000000490. The molecule has 10 nitrogen and oxygen atoms in total. The Morgan fingerprint density at radius 2 is 1.06 bits per heavy atom. The van der Waals surface area contributed by atoms with Gasteiger partial charge >= 0.3 is 0 Å². The predicted octanol–water partition coefficient (Wildman–Crippen LogP) is 12.2. The number of sulfonamides is 1. The molecule has 13 heteroatoms. The predicted molar refractivity (Wildman–Crippen MR) is 260 cm³/mol. The molecule has 1 aromatic heterocycles. The number of hydrogen-bond donors (Lipinski definition) is 1. The number of halogens is 2. The van der Waals surface area contributed by atoms with Crippen molar-refractivity contribution in [3.63, 3.8) is 0 Å². The molecule has 0 aliphatic rings. The van der Waals surface area contributed by atoms with Crippen LogP contribution in [0.1, 0.15) is 144 Å². The Morgan fingerprint density at radius 3 is 1.48 bits per heavy atom. The van der Waals surface area contributed by atoms with E-state index < -0.39 is 15.3 Å². The maximum atomic E-state index is 13.7. The quantitative estimate of drug-likeness (QED) is 0.0310. The number of carbonyl (C=O) groups is 2. The van der Waals surface area contributed by atoms with Gasteiger partial charge in [-0.25, -0.2) is 8.42 Å². The van der Waals surface area contributed by atoms with Crippen LogP contribution < -0.4 is 14.2 Å². The normalized spacial score (nSPS) is 11.3. The van der Waals surface area contributed by atoms with E-state index in [2.05, 4.69) is 49.1 Å². The van der Waals surface area contributed by atoms with Gasteiger partial charge in [-0.1, -0.05) is 66.7 Å². The number of carbonyl (C=O) groups excluding carboxylic acids is 2. The first-order chi connectivity index (χ1) is 29.4. The monoisotopic (exact) mass is 917 g/mol. The highest BCUT2D eigenvalue weighted by atomic mass is 35.5. The third-order valence-electron chi connectivity index (χ3n) is 10.3. The number of nitrogens with one attached hydrogen (secondary N) is 1. The highest BCUT2D eigenvalue weighted by Gasteiger charge is 2.23. The van der Waals surface area contributed by atoms with Gasteiger partial charge in [0.25, 0.3) is 5.24 Å². The second kappa shape index (κ2) is 30.5. The largest absolute Gasteiger partial charge is 0.494 e. The zero-order valence-corrected chi connectivity index (χ0v) is 40.5. The molecule has 0 spiro atoms. The van der Waals surface area contributed by atoms with E-state index in [9.17, 15) is 18.0 Å². The summed E-state index contributed by atoms with van der Waals surface area (Å²) in [5.74, 6) is 2.01. The van der Waals surface area contributed by atoms with Crippen molar-refractivity contribution in [2.75, 3.05) is 63.5 Å². The summed E-state index contributed by atoms with van der Waals surface area (Å²) in [7, 11) is -3.45. The van der Waals surface area contributed by atoms with Crippen LogP contribution in [0, 0.1) is 0 Å². The van der Waals surface area contributed by atoms with Crippen LogP contribution in [0.25, 0.3) is 11.0 Å². The van der Waals surface area contributed by atoms with Crippen molar-refractivity contribution in [2.45, 2.75) is 118 Å². The lowest BCUT2D eigenvalue weighted by Gasteiger charge is -2.21. The van der Waals surface area contributed by atoms with E-state index in [0.717, 1.165) is 69.6 Å². The average Bonchev–Trinajstić information content (AvgIpc) is 3.61. The average molecular weight is 919 g/mol. The summed E-state index contributed by atoms with van der Waals surface area (Å²) in [5.41, 5.74) is 2.49. The van der Waals surface area contributed by atoms with Crippen LogP contribution in [0.2, 0.25) is 0 Å². The van der Waals surface area contributed by atoms with Crippen molar-refractivity contribution in [2.24, 2.45) is 0 Å². The third kappa shape index (κ3) is 20.3. The highest BCUT2D eigenvalue weighted by molar-refractivity contribution is 7.92. The second-order valence-corrected chi connectivity index (χ2v) is 17.8. The van der Waals surface area contributed by atoms with Gasteiger partial charge in [0.2, 0.25) is 10.0 Å². The van der Waals surface area contributed by atoms with Gasteiger partial charge < -0.3 is 23.7 Å². The minimum atomic E-state index is -3.45. The van der Waals surface area contributed by atoms with Crippen LogP contribution in [0.15, 0.2) is 71.1 Å². The van der Waals surface area contributed by atoms with Crippen LogP contribution in [-0.2, 0) is 16.4 Å². The molecule has 62 heavy (non-hydrogen) atoms. The summed E-state index contributed by atoms with van der Waals surface area (Å²) in [6, 6.07) is 19.2. The van der Waals surface area contributed by atoms with Crippen LogP contribution in [0.5, 0.6) is 11.5 Å². The van der Waals surface area contributed by atoms with Crippen molar-refractivity contribution in [3.05, 3.63) is 89.2 Å². The molecule has 0 unspecified atom stereocenters. The maximum Gasteiger partial charge on any atom is 0.252 e. The van der Waals surface area contributed by atoms with Gasteiger partial charge in [-0.15, -0.1) is 12.4 Å². The molecule has 4 aromatic rings. The van der Waals surface area contributed by atoms with Gasteiger partial charge in [0.15, 0.2) is 5.78 Å². The Kier molecular flexibility index (Phi) is 26.8. The van der Waals surface area contributed by atoms with Gasteiger partial charge in [-0.3, -0.25) is 14.3 Å². The number of nitrogens with zero attached hydrogens (tertiary/aromatic N) is 2. The number of rotatable bonds is 30. The third-order valence-corrected chi connectivity index (χ3v) is 11.2. The van der Waals surface area contributed by atoms with E-state index in [-0.39, 0.29) is 18.2 Å². The number of anilines is 1.